The number of nitrogens with one attached hydrogen (secondary N) is 2. The molecule has 176 valence electrons. The van der Waals surface area contributed by atoms with Gasteiger partial charge in [-0.15, -0.1) is 0 Å². The van der Waals surface area contributed by atoms with E-state index in [0.29, 0.717) is 49.3 Å². The normalized spacial score (nSPS) is 12.2. The quantitative estimate of drug-likeness (QED) is 0.248. The molecule has 0 aliphatic rings. The molecule has 0 saturated heterocycles. The smallest absolute Gasteiger partial charge is 0.191 e. The molecule has 0 aliphatic heterocycles. The minimum atomic E-state index is -0.768. The van der Waals surface area contributed by atoms with Gasteiger partial charge < -0.3 is 34.7 Å². The van der Waals surface area contributed by atoms with Crippen molar-refractivity contribution >= 4 is 5.96 Å². The third kappa shape index (κ3) is 8.64. The van der Waals surface area contributed by atoms with Gasteiger partial charge in [-0.05, 0) is 48.7 Å². The van der Waals surface area contributed by atoms with Gasteiger partial charge in [0.25, 0.3) is 0 Å². The number of hydrogen-bond acceptors (Lipinski definition) is 6. The van der Waals surface area contributed by atoms with Gasteiger partial charge >= 0.3 is 0 Å². The highest BCUT2D eigenvalue weighted by Crippen LogP contribution is 2.26. The molecule has 0 saturated carbocycles. The zero-order valence-electron chi connectivity index (χ0n) is 19.4. The lowest BCUT2D eigenvalue weighted by Gasteiger charge is -2.17. The highest BCUT2D eigenvalue weighted by atomic mass is 16.5. The predicted octanol–water partition coefficient (Wildman–Crippen LogP) is 2.91. The first-order valence-electron chi connectivity index (χ1n) is 10.7. The fraction of sp³-hybridized carbons (Fsp3) is 0.458. The van der Waals surface area contributed by atoms with Crippen molar-refractivity contribution in [3.05, 3.63) is 53.6 Å². The van der Waals surface area contributed by atoms with E-state index in [1.54, 1.807) is 39.5 Å². The second-order valence-corrected chi connectivity index (χ2v) is 7.03. The number of ether oxygens (including phenoxy) is 4. The van der Waals surface area contributed by atoms with Gasteiger partial charge in [0.2, 0.25) is 0 Å². The zero-order valence-corrected chi connectivity index (χ0v) is 19.4. The minimum Gasteiger partial charge on any atom is -0.497 e. The van der Waals surface area contributed by atoms with Crippen LogP contribution in [0.4, 0.5) is 0 Å². The molecule has 0 bridgehead atoms. The third-order valence-electron chi connectivity index (χ3n) is 4.76. The number of hydrogen-bond donors (Lipinski definition) is 3. The Morgan fingerprint density at radius 3 is 2.19 bits per heavy atom. The van der Waals surface area contributed by atoms with Gasteiger partial charge in [0, 0.05) is 32.4 Å². The molecule has 3 N–H and O–H groups in total. The summed E-state index contributed by atoms with van der Waals surface area (Å²) in [5, 5.41) is 17.2. The summed E-state index contributed by atoms with van der Waals surface area (Å²) in [6, 6.07) is 13.1. The van der Waals surface area contributed by atoms with E-state index in [1.807, 2.05) is 31.2 Å². The summed E-state index contributed by atoms with van der Waals surface area (Å²) in [5.74, 6) is 2.68. The molecular formula is C24H35N3O5. The van der Waals surface area contributed by atoms with E-state index in [1.165, 1.54) is 0 Å². The van der Waals surface area contributed by atoms with Gasteiger partial charge in [0.05, 0.1) is 34.0 Å². The molecule has 0 amide bonds. The Morgan fingerprint density at radius 1 is 0.938 bits per heavy atom. The maximum Gasteiger partial charge on any atom is 0.191 e. The number of aliphatic hydroxyl groups is 1. The second-order valence-electron chi connectivity index (χ2n) is 7.03. The number of nitrogens with zero attached hydrogens (tertiary/aromatic N) is 1. The molecule has 0 aliphatic carbocycles. The lowest BCUT2D eigenvalue weighted by molar-refractivity contribution is 0.145. The Kier molecular flexibility index (Phi) is 11.2. The number of guanidine groups is 1. The molecule has 8 nitrogen and oxygen atoms in total. The number of aliphatic hydroxyl groups excluding tert-OH is 1. The molecule has 0 heterocycles. The van der Waals surface area contributed by atoms with Gasteiger partial charge in [-0.1, -0.05) is 12.1 Å². The Labute approximate surface area is 190 Å². The average Bonchev–Trinajstić information content (AvgIpc) is 2.84. The van der Waals surface area contributed by atoms with Crippen LogP contribution >= 0.6 is 0 Å². The van der Waals surface area contributed by atoms with Gasteiger partial charge in [-0.3, -0.25) is 0 Å². The molecule has 0 radical (unpaired) electrons. The molecule has 0 spiro atoms. The molecular weight excluding hydrogens is 410 g/mol. The number of rotatable bonds is 13. The van der Waals surface area contributed by atoms with Crippen LogP contribution in [0.3, 0.4) is 0 Å². The molecule has 2 aromatic rings. The van der Waals surface area contributed by atoms with Gasteiger partial charge in [0.15, 0.2) is 5.96 Å². The first-order valence-corrected chi connectivity index (χ1v) is 10.7. The fourth-order valence-electron chi connectivity index (χ4n) is 2.93. The van der Waals surface area contributed by atoms with E-state index in [9.17, 15) is 5.11 Å². The minimum absolute atomic E-state index is 0.274. The van der Waals surface area contributed by atoms with Crippen molar-refractivity contribution in [2.24, 2.45) is 4.99 Å². The van der Waals surface area contributed by atoms with Crippen molar-refractivity contribution in [1.82, 2.24) is 10.6 Å². The van der Waals surface area contributed by atoms with Crippen molar-refractivity contribution in [1.29, 1.82) is 0 Å². The summed E-state index contributed by atoms with van der Waals surface area (Å²) in [4.78, 5) is 4.65. The van der Waals surface area contributed by atoms with Crippen molar-refractivity contribution in [2.75, 3.05) is 47.6 Å². The van der Waals surface area contributed by atoms with Crippen molar-refractivity contribution in [3.63, 3.8) is 0 Å². The Morgan fingerprint density at radius 2 is 1.59 bits per heavy atom. The van der Waals surface area contributed by atoms with E-state index in [-0.39, 0.29) is 6.54 Å². The van der Waals surface area contributed by atoms with Crippen LogP contribution in [0.1, 0.15) is 30.6 Å². The van der Waals surface area contributed by atoms with E-state index in [4.69, 9.17) is 18.9 Å². The molecule has 2 rings (SSSR count). The first kappa shape index (κ1) is 25.3. The van der Waals surface area contributed by atoms with Crippen LogP contribution < -0.4 is 24.8 Å². The highest BCUT2D eigenvalue weighted by molar-refractivity contribution is 5.79. The topological polar surface area (TPSA) is 93.6 Å². The number of aliphatic imine (C=N–C) groups is 1. The van der Waals surface area contributed by atoms with Crippen LogP contribution in [-0.2, 0) is 11.3 Å². The van der Waals surface area contributed by atoms with E-state index in [2.05, 4.69) is 15.6 Å². The van der Waals surface area contributed by atoms with Gasteiger partial charge in [-0.2, -0.15) is 0 Å². The van der Waals surface area contributed by atoms with Crippen LogP contribution in [0.2, 0.25) is 0 Å². The van der Waals surface area contributed by atoms with Gasteiger partial charge in [-0.25, -0.2) is 4.99 Å². The van der Waals surface area contributed by atoms with Crippen molar-refractivity contribution < 1.29 is 24.1 Å². The van der Waals surface area contributed by atoms with E-state index < -0.39 is 6.10 Å². The first-order chi connectivity index (χ1) is 15.6. The zero-order chi connectivity index (χ0) is 23.2. The average molecular weight is 446 g/mol. The summed E-state index contributed by atoms with van der Waals surface area (Å²) in [5.41, 5.74) is 1.75. The second kappa shape index (κ2) is 14.2. The summed E-state index contributed by atoms with van der Waals surface area (Å²) in [6.45, 7) is 4.83. The van der Waals surface area contributed by atoms with Crippen molar-refractivity contribution in [2.45, 2.75) is 26.0 Å². The largest absolute Gasteiger partial charge is 0.497 e. The lowest BCUT2D eigenvalue weighted by atomic mass is 10.1. The monoisotopic (exact) mass is 445 g/mol. The van der Waals surface area contributed by atoms with Crippen molar-refractivity contribution in [3.8, 4) is 17.2 Å². The molecule has 0 fully saturated rings. The van der Waals surface area contributed by atoms with Crippen LogP contribution in [0.5, 0.6) is 17.2 Å². The SMILES string of the molecule is CCOCCCNC(=NCc1ccc(OC)cc1)NCC(O)c1cc(OC)cc(OC)c1. The summed E-state index contributed by atoms with van der Waals surface area (Å²) >= 11 is 0. The molecule has 0 aromatic heterocycles. The van der Waals surface area contributed by atoms with Crippen LogP contribution in [0.15, 0.2) is 47.5 Å². The Bertz CT molecular complexity index is 805. The third-order valence-corrected chi connectivity index (χ3v) is 4.76. The molecule has 32 heavy (non-hydrogen) atoms. The van der Waals surface area contributed by atoms with E-state index in [0.717, 1.165) is 17.7 Å². The molecule has 1 atom stereocenters. The molecule has 1 unspecified atom stereocenters. The summed E-state index contributed by atoms with van der Waals surface area (Å²) < 4.78 is 21.2. The van der Waals surface area contributed by atoms with E-state index >= 15 is 0 Å². The maximum atomic E-state index is 10.7. The Balaban J connectivity index is 2.02. The Hall–Kier alpha value is -2.97. The fourth-order valence-corrected chi connectivity index (χ4v) is 2.93. The van der Waals surface area contributed by atoms with Gasteiger partial charge in [0.1, 0.15) is 17.2 Å². The predicted molar refractivity (Wildman–Crippen MR) is 126 cm³/mol. The standard InChI is InChI=1S/C24H35N3O5/c1-5-32-12-6-11-25-24(26-16-18-7-9-20(29-2)10-8-18)27-17-23(28)19-13-21(30-3)15-22(14-19)31-4/h7-10,13-15,23,28H,5-6,11-12,16-17H2,1-4H3,(H2,25,26,27). The molecule has 8 heteroatoms. The molecule has 2 aromatic carbocycles. The summed E-state index contributed by atoms with van der Waals surface area (Å²) in [7, 11) is 4.81. The number of methoxy groups -OCH3 is 3. The maximum absolute atomic E-state index is 10.7. The lowest BCUT2D eigenvalue weighted by Crippen LogP contribution is -2.40. The number of benzene rings is 2. The van der Waals surface area contributed by atoms with Crippen LogP contribution in [0, 0.1) is 0 Å². The van der Waals surface area contributed by atoms with Crippen LogP contribution in [-0.4, -0.2) is 58.7 Å². The highest BCUT2D eigenvalue weighted by Gasteiger charge is 2.12. The van der Waals surface area contributed by atoms with Crippen LogP contribution in [0.25, 0.3) is 0 Å². The summed E-state index contributed by atoms with van der Waals surface area (Å²) in [6.07, 6.45) is 0.0857.